The number of nitro groups is 1. The zero-order valence-electron chi connectivity index (χ0n) is 15.8. The van der Waals surface area contributed by atoms with Crippen molar-refractivity contribution in [2.45, 2.75) is 12.6 Å². The van der Waals surface area contributed by atoms with E-state index in [4.69, 9.17) is 0 Å². The molecule has 2 aromatic carbocycles. The van der Waals surface area contributed by atoms with Gasteiger partial charge in [-0.2, -0.15) is 0 Å². The molecule has 0 spiro atoms. The quantitative estimate of drug-likeness (QED) is 0.403. The largest absolute Gasteiger partial charge is 0.387 e. The summed E-state index contributed by atoms with van der Waals surface area (Å²) in [4.78, 5) is 37.7. The number of aliphatic hydroxyl groups excluding tert-OH is 1. The summed E-state index contributed by atoms with van der Waals surface area (Å²) in [6, 6.07) is 13.6. The summed E-state index contributed by atoms with van der Waals surface area (Å²) in [7, 11) is 0. The maximum atomic E-state index is 12.1. The third-order valence-electron chi connectivity index (χ3n) is 4.27. The summed E-state index contributed by atoms with van der Waals surface area (Å²) in [5.41, 5.74) is 1.32. The van der Waals surface area contributed by atoms with E-state index in [2.05, 4.69) is 15.6 Å². The molecule has 1 aromatic heterocycles. The van der Waals surface area contributed by atoms with E-state index in [1.54, 1.807) is 30.5 Å². The minimum atomic E-state index is -1.01. The van der Waals surface area contributed by atoms with Crippen LogP contribution in [0.5, 0.6) is 0 Å². The Bertz CT molecular complexity index is 1100. The van der Waals surface area contributed by atoms with Gasteiger partial charge in [0.15, 0.2) is 0 Å². The molecule has 0 aliphatic rings. The number of hydrogen-bond acceptors (Lipinski definition) is 6. The molecular weight excluding hydrogens is 390 g/mol. The SMILES string of the molecule is O=C(NC[C@H](O)c1ccc([N+](=O)[O-])cc1)Nc1cccc(Cn2cccnc2=O)c1. The summed E-state index contributed by atoms with van der Waals surface area (Å²) >= 11 is 0. The lowest BCUT2D eigenvalue weighted by atomic mass is 10.1. The molecule has 0 saturated carbocycles. The van der Waals surface area contributed by atoms with E-state index in [-0.39, 0.29) is 17.9 Å². The van der Waals surface area contributed by atoms with Crippen molar-refractivity contribution in [3.63, 3.8) is 0 Å². The van der Waals surface area contributed by atoms with Crippen LogP contribution in [0.2, 0.25) is 0 Å². The van der Waals surface area contributed by atoms with Crippen LogP contribution in [-0.2, 0) is 6.54 Å². The van der Waals surface area contributed by atoms with Gasteiger partial charge in [-0.15, -0.1) is 0 Å². The number of benzene rings is 2. The highest BCUT2D eigenvalue weighted by Crippen LogP contribution is 2.17. The topological polar surface area (TPSA) is 139 Å². The Morgan fingerprint density at radius 2 is 1.97 bits per heavy atom. The van der Waals surface area contributed by atoms with Gasteiger partial charge in [0.2, 0.25) is 0 Å². The molecule has 0 unspecified atom stereocenters. The lowest BCUT2D eigenvalue weighted by Crippen LogP contribution is -2.32. The molecule has 1 heterocycles. The molecule has 2 amide bonds. The average Bonchev–Trinajstić information content (AvgIpc) is 2.74. The van der Waals surface area contributed by atoms with Crippen LogP contribution in [0, 0.1) is 10.1 Å². The maximum absolute atomic E-state index is 12.1. The van der Waals surface area contributed by atoms with E-state index >= 15 is 0 Å². The lowest BCUT2D eigenvalue weighted by Gasteiger charge is -2.13. The molecule has 0 radical (unpaired) electrons. The number of carbonyl (C=O) groups excluding carboxylic acids is 1. The van der Waals surface area contributed by atoms with Gasteiger partial charge in [-0.25, -0.2) is 14.6 Å². The number of nitrogens with one attached hydrogen (secondary N) is 2. The van der Waals surface area contributed by atoms with E-state index < -0.39 is 17.1 Å². The number of urea groups is 1. The van der Waals surface area contributed by atoms with Gasteiger partial charge in [0.25, 0.3) is 5.69 Å². The Balaban J connectivity index is 1.55. The number of carbonyl (C=O) groups is 1. The van der Waals surface area contributed by atoms with Gasteiger partial charge in [0.05, 0.1) is 17.6 Å². The summed E-state index contributed by atoms with van der Waals surface area (Å²) in [5, 5.41) is 26.0. The van der Waals surface area contributed by atoms with E-state index in [9.17, 15) is 24.8 Å². The fraction of sp³-hybridized carbons (Fsp3) is 0.150. The van der Waals surface area contributed by atoms with Crippen LogP contribution in [0.1, 0.15) is 17.2 Å². The van der Waals surface area contributed by atoms with E-state index in [1.807, 2.05) is 6.07 Å². The molecule has 0 aliphatic carbocycles. The Morgan fingerprint density at radius 3 is 2.67 bits per heavy atom. The predicted molar refractivity (Wildman–Crippen MR) is 109 cm³/mol. The monoisotopic (exact) mass is 409 g/mol. The zero-order chi connectivity index (χ0) is 21.5. The van der Waals surface area contributed by atoms with E-state index in [0.29, 0.717) is 17.8 Å². The number of aliphatic hydroxyl groups is 1. The van der Waals surface area contributed by atoms with E-state index in [0.717, 1.165) is 5.56 Å². The van der Waals surface area contributed by atoms with Crippen LogP contribution in [0.15, 0.2) is 71.8 Å². The molecule has 0 saturated heterocycles. The molecule has 3 rings (SSSR count). The second kappa shape index (κ2) is 9.43. The fourth-order valence-electron chi connectivity index (χ4n) is 2.75. The van der Waals surface area contributed by atoms with Crippen LogP contribution in [0.25, 0.3) is 0 Å². The average molecular weight is 409 g/mol. The van der Waals surface area contributed by atoms with Crippen molar-refractivity contribution in [3.8, 4) is 0 Å². The zero-order valence-corrected chi connectivity index (χ0v) is 15.8. The van der Waals surface area contributed by atoms with Crippen molar-refractivity contribution in [2.24, 2.45) is 0 Å². The van der Waals surface area contributed by atoms with Crippen molar-refractivity contribution in [1.82, 2.24) is 14.9 Å². The normalized spacial score (nSPS) is 11.5. The van der Waals surface area contributed by atoms with Gasteiger partial charge in [-0.3, -0.25) is 14.7 Å². The number of anilines is 1. The molecule has 30 heavy (non-hydrogen) atoms. The molecule has 10 nitrogen and oxygen atoms in total. The molecule has 0 bridgehead atoms. The molecule has 0 fully saturated rings. The number of nitro benzene ring substituents is 1. The summed E-state index contributed by atoms with van der Waals surface area (Å²) < 4.78 is 1.44. The van der Waals surface area contributed by atoms with Crippen LogP contribution in [0.3, 0.4) is 0 Å². The van der Waals surface area contributed by atoms with Crippen molar-refractivity contribution in [3.05, 3.63) is 98.7 Å². The number of rotatable bonds is 7. The highest BCUT2D eigenvalue weighted by Gasteiger charge is 2.12. The molecule has 1 atom stereocenters. The molecule has 154 valence electrons. The third-order valence-corrected chi connectivity index (χ3v) is 4.27. The predicted octanol–water partition coefficient (Wildman–Crippen LogP) is 2.05. The smallest absolute Gasteiger partial charge is 0.347 e. The van der Waals surface area contributed by atoms with Crippen LogP contribution in [-0.4, -0.2) is 32.2 Å². The summed E-state index contributed by atoms with van der Waals surface area (Å²) in [6.45, 7) is 0.233. The highest BCUT2D eigenvalue weighted by molar-refractivity contribution is 5.89. The minimum Gasteiger partial charge on any atom is -0.387 e. The Morgan fingerprint density at radius 1 is 1.20 bits per heavy atom. The third kappa shape index (κ3) is 5.49. The van der Waals surface area contributed by atoms with Crippen LogP contribution in [0.4, 0.5) is 16.2 Å². The van der Waals surface area contributed by atoms with Crippen LogP contribution < -0.4 is 16.3 Å². The second-order valence-corrected chi connectivity index (χ2v) is 6.43. The molecule has 10 heteroatoms. The molecule has 0 aliphatic heterocycles. The Hall–Kier alpha value is -4.05. The summed E-state index contributed by atoms with van der Waals surface area (Å²) in [5.74, 6) is 0. The second-order valence-electron chi connectivity index (χ2n) is 6.43. The van der Waals surface area contributed by atoms with E-state index in [1.165, 1.54) is 35.0 Å². The number of nitrogens with zero attached hydrogens (tertiary/aromatic N) is 3. The van der Waals surface area contributed by atoms with Gasteiger partial charge in [-0.1, -0.05) is 12.1 Å². The Kier molecular flexibility index (Phi) is 6.50. The van der Waals surface area contributed by atoms with Crippen molar-refractivity contribution in [1.29, 1.82) is 0 Å². The minimum absolute atomic E-state index is 0.0750. The first-order valence-corrected chi connectivity index (χ1v) is 9.00. The first kappa shape index (κ1) is 20.7. The van der Waals surface area contributed by atoms with Crippen LogP contribution >= 0.6 is 0 Å². The van der Waals surface area contributed by atoms with Crippen molar-refractivity contribution >= 4 is 17.4 Å². The van der Waals surface area contributed by atoms with Crippen molar-refractivity contribution < 1.29 is 14.8 Å². The van der Waals surface area contributed by atoms with Gasteiger partial charge < -0.3 is 15.7 Å². The fourth-order valence-corrected chi connectivity index (χ4v) is 2.75. The summed E-state index contributed by atoms with van der Waals surface area (Å²) in [6.07, 6.45) is 2.04. The van der Waals surface area contributed by atoms with Gasteiger partial charge in [-0.05, 0) is 41.5 Å². The molecule has 3 N–H and O–H groups in total. The standard InChI is InChI=1S/C20H19N5O5/c26-18(15-5-7-17(8-6-15)25(29)30)12-22-19(27)23-16-4-1-3-14(11-16)13-24-10-2-9-21-20(24)28/h1-11,18,26H,12-13H2,(H2,22,23,27)/t18-/m0/s1. The molecular formula is C20H19N5O5. The van der Waals surface area contributed by atoms with Gasteiger partial charge in [0.1, 0.15) is 0 Å². The Labute approximate surface area is 171 Å². The first-order chi connectivity index (χ1) is 14.4. The lowest BCUT2D eigenvalue weighted by molar-refractivity contribution is -0.384. The molecule has 3 aromatic rings. The maximum Gasteiger partial charge on any atom is 0.347 e. The highest BCUT2D eigenvalue weighted by atomic mass is 16.6. The number of amides is 2. The van der Waals surface area contributed by atoms with Crippen molar-refractivity contribution in [2.75, 3.05) is 11.9 Å². The number of hydrogen-bond donors (Lipinski definition) is 3. The number of aromatic nitrogens is 2. The number of non-ortho nitro benzene ring substituents is 1. The van der Waals surface area contributed by atoms with Gasteiger partial charge in [0, 0.05) is 36.8 Å². The first-order valence-electron chi connectivity index (χ1n) is 9.00. The van der Waals surface area contributed by atoms with Gasteiger partial charge >= 0.3 is 11.7 Å².